The first-order valence-electron chi connectivity index (χ1n) is 8.19. The molecule has 0 bridgehead atoms. The number of methoxy groups -OCH3 is 1. The molecule has 2 aromatic rings. The summed E-state index contributed by atoms with van der Waals surface area (Å²) < 4.78 is 17.7. The van der Waals surface area contributed by atoms with Crippen LogP contribution in [0.3, 0.4) is 0 Å². The average Bonchev–Trinajstić information content (AvgIpc) is 2.62. The van der Waals surface area contributed by atoms with E-state index in [0.717, 1.165) is 15.8 Å². The second kappa shape index (κ2) is 10.1. The highest BCUT2D eigenvalue weighted by atomic mass is 79.9. The maximum atomic E-state index is 5.83. The van der Waals surface area contributed by atoms with Crippen LogP contribution in [0.5, 0.6) is 17.2 Å². The summed E-state index contributed by atoms with van der Waals surface area (Å²) >= 11 is 8.20. The first kappa shape index (κ1) is 21.0. The predicted molar refractivity (Wildman–Crippen MR) is 115 cm³/mol. The van der Waals surface area contributed by atoms with E-state index in [4.69, 9.17) is 32.2 Å². The number of hydrogen-bond acceptors (Lipinski definition) is 5. The van der Waals surface area contributed by atoms with Crippen LogP contribution >= 0.6 is 28.1 Å². The highest BCUT2D eigenvalue weighted by molar-refractivity contribution is 9.10. The van der Waals surface area contributed by atoms with Gasteiger partial charge in [-0.3, -0.25) is 5.43 Å². The Labute approximate surface area is 172 Å². The molecule has 0 amide bonds. The van der Waals surface area contributed by atoms with Gasteiger partial charge in [0.15, 0.2) is 16.6 Å². The van der Waals surface area contributed by atoms with Crippen LogP contribution in [0, 0.1) is 13.8 Å². The first-order chi connectivity index (χ1) is 12.9. The van der Waals surface area contributed by atoms with Gasteiger partial charge in [-0.15, -0.1) is 0 Å². The van der Waals surface area contributed by atoms with Crippen molar-refractivity contribution in [1.29, 1.82) is 0 Å². The van der Waals surface area contributed by atoms with E-state index in [1.54, 1.807) is 19.4 Å². The lowest BCUT2D eigenvalue weighted by atomic mass is 10.1. The molecule has 27 heavy (non-hydrogen) atoms. The Balaban J connectivity index is 1.97. The van der Waals surface area contributed by atoms with Crippen LogP contribution in [0.2, 0.25) is 0 Å². The number of aryl methyl sites for hydroxylation is 2. The molecule has 0 heterocycles. The monoisotopic (exact) mass is 451 g/mol. The summed E-state index contributed by atoms with van der Waals surface area (Å²) in [6.07, 6.45) is 1.58. The fourth-order valence-corrected chi connectivity index (χ4v) is 2.86. The van der Waals surface area contributed by atoms with E-state index >= 15 is 0 Å². The molecule has 0 aliphatic rings. The Morgan fingerprint density at radius 2 is 1.93 bits per heavy atom. The number of benzene rings is 2. The smallest absolute Gasteiger partial charge is 0.184 e. The van der Waals surface area contributed by atoms with Crippen LogP contribution in [0.1, 0.15) is 16.7 Å². The van der Waals surface area contributed by atoms with Crippen LogP contribution in [0.4, 0.5) is 0 Å². The number of ether oxygens (including phenoxy) is 3. The van der Waals surface area contributed by atoms with E-state index in [0.29, 0.717) is 24.7 Å². The molecule has 0 unspecified atom stereocenters. The molecule has 0 aliphatic carbocycles. The first-order valence-corrected chi connectivity index (χ1v) is 9.39. The largest absolute Gasteiger partial charge is 0.493 e. The molecule has 0 aromatic heterocycles. The molecule has 0 saturated heterocycles. The molecule has 3 N–H and O–H groups in total. The van der Waals surface area contributed by atoms with Gasteiger partial charge in [-0.25, -0.2) is 0 Å². The standard InChI is InChI=1S/C19H22BrN3O3S/c1-12-4-5-15(8-13(12)2)25-6-7-26-18-16(20)9-14(10-17(18)24-3)11-22-23-19(21)27/h4-5,8-11H,6-7H2,1-3H3,(H3,21,23,27). The van der Waals surface area contributed by atoms with Crippen LogP contribution in [-0.2, 0) is 0 Å². The molecule has 2 aromatic carbocycles. The van der Waals surface area contributed by atoms with Crippen molar-refractivity contribution in [2.45, 2.75) is 13.8 Å². The molecular formula is C19H22BrN3O3S. The van der Waals surface area contributed by atoms with E-state index in [2.05, 4.69) is 40.3 Å². The van der Waals surface area contributed by atoms with E-state index in [9.17, 15) is 0 Å². The molecular weight excluding hydrogens is 430 g/mol. The Bertz CT molecular complexity index is 843. The van der Waals surface area contributed by atoms with Gasteiger partial charge in [-0.05, 0) is 83.0 Å². The van der Waals surface area contributed by atoms with Crippen molar-refractivity contribution in [2.24, 2.45) is 10.8 Å². The van der Waals surface area contributed by atoms with E-state index in [1.807, 2.05) is 24.3 Å². The Morgan fingerprint density at radius 1 is 1.19 bits per heavy atom. The fourth-order valence-electron chi connectivity index (χ4n) is 2.23. The molecule has 0 spiro atoms. The molecule has 144 valence electrons. The van der Waals surface area contributed by atoms with Gasteiger partial charge in [0, 0.05) is 0 Å². The number of hydrazone groups is 1. The number of nitrogens with two attached hydrogens (primary N) is 1. The van der Waals surface area contributed by atoms with Crippen molar-refractivity contribution in [3.8, 4) is 17.2 Å². The third-order valence-electron chi connectivity index (χ3n) is 3.72. The van der Waals surface area contributed by atoms with Gasteiger partial charge in [0.25, 0.3) is 0 Å². The lowest BCUT2D eigenvalue weighted by molar-refractivity contribution is 0.210. The molecule has 0 fully saturated rings. The highest BCUT2D eigenvalue weighted by Crippen LogP contribution is 2.36. The molecule has 0 radical (unpaired) electrons. The minimum absolute atomic E-state index is 0.0982. The summed E-state index contributed by atoms with van der Waals surface area (Å²) in [6.45, 7) is 4.92. The van der Waals surface area contributed by atoms with Crippen LogP contribution in [0.15, 0.2) is 39.9 Å². The maximum absolute atomic E-state index is 5.83. The average molecular weight is 452 g/mol. The summed E-state index contributed by atoms with van der Waals surface area (Å²) in [7, 11) is 1.58. The molecule has 0 aliphatic heterocycles. The lowest BCUT2D eigenvalue weighted by Crippen LogP contribution is -2.23. The molecule has 0 atom stereocenters. The predicted octanol–water partition coefficient (Wildman–Crippen LogP) is 3.70. The number of nitrogens with one attached hydrogen (secondary N) is 1. The Kier molecular flexibility index (Phi) is 7.87. The molecule has 0 saturated carbocycles. The summed E-state index contributed by atoms with van der Waals surface area (Å²) in [6, 6.07) is 9.66. The van der Waals surface area contributed by atoms with E-state index in [1.165, 1.54) is 11.1 Å². The Hall–Kier alpha value is -2.32. The topological polar surface area (TPSA) is 78.1 Å². The second-order valence-electron chi connectivity index (χ2n) is 5.71. The van der Waals surface area contributed by atoms with Gasteiger partial charge < -0.3 is 19.9 Å². The zero-order chi connectivity index (χ0) is 19.8. The van der Waals surface area contributed by atoms with Crippen LogP contribution in [0.25, 0.3) is 0 Å². The van der Waals surface area contributed by atoms with Gasteiger partial charge >= 0.3 is 0 Å². The summed E-state index contributed by atoms with van der Waals surface area (Å²) in [5.41, 5.74) is 11.1. The Morgan fingerprint density at radius 3 is 2.59 bits per heavy atom. The summed E-state index contributed by atoms with van der Waals surface area (Å²) in [4.78, 5) is 0. The van der Waals surface area contributed by atoms with Crippen molar-refractivity contribution in [3.05, 3.63) is 51.5 Å². The van der Waals surface area contributed by atoms with Gasteiger partial charge in [-0.1, -0.05) is 6.07 Å². The third kappa shape index (κ3) is 6.41. The number of hydrogen-bond donors (Lipinski definition) is 2. The zero-order valence-corrected chi connectivity index (χ0v) is 17.8. The van der Waals surface area contributed by atoms with Crippen molar-refractivity contribution in [1.82, 2.24) is 5.43 Å². The van der Waals surface area contributed by atoms with Crippen LogP contribution in [-0.4, -0.2) is 31.7 Å². The van der Waals surface area contributed by atoms with Crippen molar-refractivity contribution in [2.75, 3.05) is 20.3 Å². The SMILES string of the molecule is COc1cc(C=NNC(N)=S)cc(Br)c1OCCOc1ccc(C)c(C)c1. The van der Waals surface area contributed by atoms with Crippen LogP contribution < -0.4 is 25.4 Å². The fraction of sp³-hybridized carbons (Fsp3) is 0.263. The van der Waals surface area contributed by atoms with E-state index < -0.39 is 0 Å². The molecule has 8 heteroatoms. The van der Waals surface area contributed by atoms with Gasteiger partial charge in [0.1, 0.15) is 19.0 Å². The van der Waals surface area contributed by atoms with Gasteiger partial charge in [0.05, 0.1) is 17.8 Å². The second-order valence-corrected chi connectivity index (χ2v) is 7.01. The number of rotatable bonds is 8. The zero-order valence-electron chi connectivity index (χ0n) is 15.4. The number of halogens is 1. The van der Waals surface area contributed by atoms with E-state index in [-0.39, 0.29) is 5.11 Å². The number of thiocarbonyl (C=S) groups is 1. The molecule has 6 nitrogen and oxygen atoms in total. The summed E-state index contributed by atoms with van der Waals surface area (Å²) in [5, 5.41) is 4.03. The third-order valence-corrected chi connectivity index (χ3v) is 4.40. The van der Waals surface area contributed by atoms with Gasteiger partial charge in [0.2, 0.25) is 0 Å². The lowest BCUT2D eigenvalue weighted by Gasteiger charge is -2.14. The normalized spacial score (nSPS) is 10.7. The molecule has 2 rings (SSSR count). The van der Waals surface area contributed by atoms with Gasteiger partial charge in [-0.2, -0.15) is 5.10 Å². The summed E-state index contributed by atoms with van der Waals surface area (Å²) in [5.74, 6) is 2.00. The van der Waals surface area contributed by atoms with Crippen molar-refractivity contribution < 1.29 is 14.2 Å². The quantitative estimate of drug-likeness (QED) is 0.275. The van der Waals surface area contributed by atoms with Crippen molar-refractivity contribution >= 4 is 39.5 Å². The highest BCUT2D eigenvalue weighted by Gasteiger charge is 2.11. The minimum atomic E-state index is 0.0982. The minimum Gasteiger partial charge on any atom is -0.493 e. The van der Waals surface area contributed by atoms with Crippen molar-refractivity contribution in [3.63, 3.8) is 0 Å². The number of nitrogens with zero attached hydrogens (tertiary/aromatic N) is 1. The maximum Gasteiger partial charge on any atom is 0.184 e.